The number of nitrogens with two attached hydrogens (primary N) is 2. The van der Waals surface area contributed by atoms with Crippen LogP contribution in [0.1, 0.15) is 11.1 Å². The molecule has 2 aromatic rings. The van der Waals surface area contributed by atoms with Crippen LogP contribution in [0.4, 0.5) is 10.1 Å². The van der Waals surface area contributed by atoms with Crippen LogP contribution in [-0.2, 0) is 13.1 Å². The molecule has 0 saturated heterocycles. The number of hydrogen-bond donors (Lipinski definition) is 2. The highest BCUT2D eigenvalue weighted by Crippen LogP contribution is 2.11. The summed E-state index contributed by atoms with van der Waals surface area (Å²) in [6, 6.07) is 14.7. The van der Waals surface area contributed by atoms with Gasteiger partial charge in [-0.15, -0.1) is 0 Å². The number of hydrogen-bond acceptors (Lipinski definition) is 3. The standard InChI is InChI=1S/C9H14N2.C7H8FN/c1-11(2)9-5-3-8(7-10)4-6-9;8-7-4-2-1-3-6(7)5-9/h3-6H,7,10H2,1-2H3;1-4H,5,9H2. The van der Waals surface area contributed by atoms with Crippen molar-refractivity contribution in [2.45, 2.75) is 13.1 Å². The molecular formula is C16H22FN3. The molecule has 0 spiro atoms. The monoisotopic (exact) mass is 275 g/mol. The van der Waals surface area contributed by atoms with Crippen molar-refractivity contribution in [1.82, 2.24) is 0 Å². The Kier molecular flexibility index (Phi) is 6.70. The minimum atomic E-state index is -0.222. The third-order valence-electron chi connectivity index (χ3n) is 2.87. The minimum absolute atomic E-state index is 0.222. The molecule has 20 heavy (non-hydrogen) atoms. The van der Waals surface area contributed by atoms with Crippen molar-refractivity contribution < 1.29 is 4.39 Å². The fraction of sp³-hybridized carbons (Fsp3) is 0.250. The molecule has 0 bridgehead atoms. The van der Waals surface area contributed by atoms with E-state index >= 15 is 0 Å². The largest absolute Gasteiger partial charge is 0.378 e. The Bertz CT molecular complexity index is 509. The topological polar surface area (TPSA) is 55.3 Å². The first kappa shape index (κ1) is 16.1. The lowest BCUT2D eigenvalue weighted by atomic mass is 10.2. The van der Waals surface area contributed by atoms with Gasteiger partial charge in [0.25, 0.3) is 0 Å². The van der Waals surface area contributed by atoms with Crippen LogP contribution >= 0.6 is 0 Å². The van der Waals surface area contributed by atoms with Gasteiger partial charge >= 0.3 is 0 Å². The van der Waals surface area contributed by atoms with E-state index in [-0.39, 0.29) is 12.4 Å². The van der Waals surface area contributed by atoms with Crippen molar-refractivity contribution in [1.29, 1.82) is 0 Å². The van der Waals surface area contributed by atoms with Crippen molar-refractivity contribution in [2.24, 2.45) is 11.5 Å². The highest BCUT2D eigenvalue weighted by Gasteiger charge is 1.94. The molecule has 0 saturated carbocycles. The Morgan fingerprint density at radius 3 is 1.90 bits per heavy atom. The SMILES string of the molecule is CN(C)c1ccc(CN)cc1.NCc1ccccc1F. The van der Waals surface area contributed by atoms with Crippen molar-refractivity contribution >= 4 is 5.69 Å². The van der Waals surface area contributed by atoms with Crippen molar-refractivity contribution in [3.63, 3.8) is 0 Å². The number of halogens is 1. The summed E-state index contributed by atoms with van der Waals surface area (Å²) in [5, 5.41) is 0. The van der Waals surface area contributed by atoms with Gasteiger partial charge in [0, 0.05) is 38.4 Å². The first-order valence-corrected chi connectivity index (χ1v) is 6.48. The summed E-state index contributed by atoms with van der Waals surface area (Å²) in [5.74, 6) is -0.222. The summed E-state index contributed by atoms with van der Waals surface area (Å²) in [7, 11) is 4.05. The zero-order valence-electron chi connectivity index (χ0n) is 12.0. The van der Waals surface area contributed by atoms with Gasteiger partial charge in [0.15, 0.2) is 0 Å². The lowest BCUT2D eigenvalue weighted by molar-refractivity contribution is 0.610. The Labute approximate surface area is 120 Å². The van der Waals surface area contributed by atoms with Gasteiger partial charge in [-0.25, -0.2) is 4.39 Å². The van der Waals surface area contributed by atoms with Crippen molar-refractivity contribution in [2.75, 3.05) is 19.0 Å². The molecule has 2 aromatic carbocycles. The molecule has 2 rings (SSSR count). The molecule has 0 amide bonds. The quantitative estimate of drug-likeness (QED) is 0.905. The summed E-state index contributed by atoms with van der Waals surface area (Å²) >= 11 is 0. The Morgan fingerprint density at radius 1 is 0.900 bits per heavy atom. The van der Waals surface area contributed by atoms with Crippen LogP contribution < -0.4 is 16.4 Å². The molecular weight excluding hydrogens is 253 g/mol. The van der Waals surface area contributed by atoms with Crippen LogP contribution in [-0.4, -0.2) is 14.1 Å². The number of rotatable bonds is 3. The molecule has 0 aliphatic carbocycles. The first-order chi connectivity index (χ1) is 9.58. The molecule has 0 heterocycles. The zero-order valence-corrected chi connectivity index (χ0v) is 12.0. The maximum atomic E-state index is 12.5. The van der Waals surface area contributed by atoms with Crippen LogP contribution in [0.15, 0.2) is 48.5 Å². The highest BCUT2D eigenvalue weighted by atomic mass is 19.1. The van der Waals surface area contributed by atoms with Gasteiger partial charge in [-0.2, -0.15) is 0 Å². The summed E-state index contributed by atoms with van der Waals surface area (Å²) in [5.41, 5.74) is 13.6. The van der Waals surface area contributed by atoms with Gasteiger partial charge in [0.1, 0.15) is 5.82 Å². The molecule has 0 unspecified atom stereocenters. The fourth-order valence-corrected chi connectivity index (χ4v) is 1.59. The van der Waals surface area contributed by atoms with Gasteiger partial charge in [0.2, 0.25) is 0 Å². The lowest BCUT2D eigenvalue weighted by Crippen LogP contribution is -2.08. The average Bonchev–Trinajstić information content (AvgIpc) is 2.48. The molecule has 4 N–H and O–H groups in total. The number of benzene rings is 2. The minimum Gasteiger partial charge on any atom is -0.378 e. The van der Waals surface area contributed by atoms with E-state index in [9.17, 15) is 4.39 Å². The second-order valence-electron chi connectivity index (χ2n) is 4.56. The first-order valence-electron chi connectivity index (χ1n) is 6.48. The fourth-order valence-electron chi connectivity index (χ4n) is 1.59. The van der Waals surface area contributed by atoms with E-state index in [0.717, 1.165) is 0 Å². The molecule has 0 atom stereocenters. The Morgan fingerprint density at radius 2 is 1.50 bits per heavy atom. The lowest BCUT2D eigenvalue weighted by Gasteiger charge is -2.11. The van der Waals surface area contributed by atoms with Gasteiger partial charge in [-0.05, 0) is 23.8 Å². The molecule has 0 fully saturated rings. The van der Waals surface area contributed by atoms with Crippen molar-refractivity contribution in [3.05, 3.63) is 65.5 Å². The van der Waals surface area contributed by atoms with Gasteiger partial charge in [-0.1, -0.05) is 30.3 Å². The summed E-state index contributed by atoms with van der Waals surface area (Å²) in [6.45, 7) is 0.889. The Balaban J connectivity index is 0.000000204. The normalized spacial score (nSPS) is 9.65. The third-order valence-corrected chi connectivity index (χ3v) is 2.87. The van der Waals surface area contributed by atoms with Crippen LogP contribution in [0.5, 0.6) is 0 Å². The maximum Gasteiger partial charge on any atom is 0.127 e. The van der Waals surface area contributed by atoms with E-state index in [0.29, 0.717) is 12.1 Å². The highest BCUT2D eigenvalue weighted by molar-refractivity contribution is 5.45. The Hall–Kier alpha value is -1.91. The smallest absolute Gasteiger partial charge is 0.127 e. The molecule has 0 aromatic heterocycles. The molecule has 0 aliphatic rings. The van der Waals surface area contributed by atoms with E-state index in [4.69, 9.17) is 11.5 Å². The van der Waals surface area contributed by atoms with Crippen LogP contribution in [0.2, 0.25) is 0 Å². The van der Waals surface area contributed by atoms with E-state index in [1.54, 1.807) is 18.2 Å². The van der Waals surface area contributed by atoms with E-state index < -0.39 is 0 Å². The molecule has 0 radical (unpaired) electrons. The van der Waals surface area contributed by atoms with E-state index in [1.807, 2.05) is 14.1 Å². The van der Waals surface area contributed by atoms with E-state index in [2.05, 4.69) is 29.2 Å². The molecule has 3 nitrogen and oxygen atoms in total. The molecule has 4 heteroatoms. The molecule has 0 aliphatic heterocycles. The zero-order chi connectivity index (χ0) is 15.0. The molecule has 108 valence electrons. The summed E-state index contributed by atoms with van der Waals surface area (Å²) < 4.78 is 12.5. The predicted octanol–water partition coefficient (Wildman–Crippen LogP) is 2.50. The second-order valence-corrected chi connectivity index (χ2v) is 4.56. The van der Waals surface area contributed by atoms with E-state index in [1.165, 1.54) is 17.3 Å². The summed E-state index contributed by atoms with van der Waals surface area (Å²) in [4.78, 5) is 2.07. The third kappa shape index (κ3) is 4.99. The average molecular weight is 275 g/mol. The van der Waals surface area contributed by atoms with Crippen LogP contribution in [0, 0.1) is 5.82 Å². The van der Waals surface area contributed by atoms with Crippen LogP contribution in [0.25, 0.3) is 0 Å². The predicted molar refractivity (Wildman–Crippen MR) is 83.0 cm³/mol. The van der Waals surface area contributed by atoms with Gasteiger partial charge < -0.3 is 16.4 Å². The second kappa shape index (κ2) is 8.30. The van der Waals surface area contributed by atoms with Gasteiger partial charge in [0.05, 0.1) is 0 Å². The number of nitrogens with zero attached hydrogens (tertiary/aromatic N) is 1. The summed E-state index contributed by atoms with van der Waals surface area (Å²) in [6.07, 6.45) is 0. The van der Waals surface area contributed by atoms with Crippen molar-refractivity contribution in [3.8, 4) is 0 Å². The number of anilines is 1. The maximum absolute atomic E-state index is 12.5. The van der Waals surface area contributed by atoms with Crippen LogP contribution in [0.3, 0.4) is 0 Å². The van der Waals surface area contributed by atoms with Gasteiger partial charge in [-0.3, -0.25) is 0 Å².